The summed E-state index contributed by atoms with van der Waals surface area (Å²) < 4.78 is 45.1. The van der Waals surface area contributed by atoms with Crippen LogP contribution in [0, 0.1) is 16.6 Å². The average molecular weight is 343 g/mol. The zero-order chi connectivity index (χ0) is 17.7. The van der Waals surface area contributed by atoms with E-state index in [1.807, 2.05) is 0 Å². The van der Waals surface area contributed by atoms with Gasteiger partial charge in [0, 0.05) is 0 Å². The third-order valence-electron chi connectivity index (χ3n) is 5.04. The molecule has 3 fully saturated rings. The first kappa shape index (κ1) is 16.6. The largest absolute Gasteiger partial charge is 0.494 e. The van der Waals surface area contributed by atoms with Crippen molar-refractivity contribution in [3.63, 3.8) is 0 Å². The van der Waals surface area contributed by atoms with Gasteiger partial charge in [-0.25, -0.2) is 13.2 Å². The second-order valence-electron chi connectivity index (χ2n) is 6.58. The minimum absolute atomic E-state index is 0.0730. The first-order chi connectivity index (χ1) is 11.2. The number of alkyl halides is 2. The highest BCUT2D eigenvalue weighted by atomic mass is 19.3. The molecule has 0 aliphatic heterocycles. The molecule has 0 radical (unpaired) electrons. The third-order valence-corrected chi connectivity index (χ3v) is 5.04. The van der Waals surface area contributed by atoms with Crippen LogP contribution in [-0.4, -0.2) is 30.5 Å². The van der Waals surface area contributed by atoms with Gasteiger partial charge in [-0.1, -0.05) is 6.07 Å². The number of hydrogen-bond acceptors (Lipinski definition) is 3. The maximum atomic E-state index is 13.7. The van der Waals surface area contributed by atoms with E-state index in [4.69, 9.17) is 9.84 Å². The molecule has 1 atom stereocenters. The van der Waals surface area contributed by atoms with Crippen LogP contribution < -0.4 is 10.1 Å². The highest BCUT2D eigenvalue weighted by Gasteiger charge is 2.75. The Balaban J connectivity index is 1.73. The van der Waals surface area contributed by atoms with Gasteiger partial charge in [0.2, 0.25) is 5.91 Å². The maximum absolute atomic E-state index is 13.7. The number of ether oxygens (including phenoxy) is 1. The number of benzene rings is 1. The van der Waals surface area contributed by atoms with Gasteiger partial charge < -0.3 is 15.2 Å². The lowest BCUT2D eigenvalue weighted by Gasteiger charge is -2.66. The summed E-state index contributed by atoms with van der Waals surface area (Å²) in [6, 6.07) is 1.72. The molecule has 0 spiro atoms. The maximum Gasteiger partial charge on any atom is 0.309 e. The summed E-state index contributed by atoms with van der Waals surface area (Å²) in [5.41, 5.74) is -1.82. The lowest BCUT2D eigenvalue weighted by molar-refractivity contribution is -0.221. The Labute approximate surface area is 135 Å². The number of halogens is 3. The number of amides is 1. The molecule has 3 aliphatic carbocycles. The Kier molecular flexibility index (Phi) is 3.73. The normalized spacial score (nSPS) is 28.5. The van der Waals surface area contributed by atoms with Crippen LogP contribution in [0.25, 0.3) is 0 Å². The number of carboxylic acids is 1. The molecule has 130 valence electrons. The van der Waals surface area contributed by atoms with Crippen molar-refractivity contribution in [1.29, 1.82) is 0 Å². The highest BCUT2D eigenvalue weighted by molar-refractivity contribution is 5.93. The fraction of sp³-hybridized carbons (Fsp3) is 0.500. The molecule has 3 aliphatic rings. The summed E-state index contributed by atoms with van der Waals surface area (Å²) >= 11 is 0. The van der Waals surface area contributed by atoms with E-state index >= 15 is 0 Å². The quantitative estimate of drug-likeness (QED) is 0.832. The van der Waals surface area contributed by atoms with Crippen LogP contribution in [0.5, 0.6) is 5.75 Å². The molecule has 0 heterocycles. The highest BCUT2D eigenvalue weighted by Crippen LogP contribution is 2.73. The molecule has 2 N–H and O–H groups in total. The van der Waals surface area contributed by atoms with E-state index in [1.54, 1.807) is 0 Å². The number of carboxylic acid groups (broad SMARTS) is 1. The van der Waals surface area contributed by atoms with Crippen molar-refractivity contribution >= 4 is 11.9 Å². The molecule has 0 aromatic heterocycles. The van der Waals surface area contributed by atoms with Gasteiger partial charge in [0.15, 0.2) is 11.6 Å². The zero-order valence-corrected chi connectivity index (χ0v) is 12.8. The molecule has 24 heavy (non-hydrogen) atoms. The number of hydrogen-bond donors (Lipinski definition) is 2. The van der Waals surface area contributed by atoms with Gasteiger partial charge in [0.05, 0.1) is 17.9 Å². The van der Waals surface area contributed by atoms with Crippen molar-refractivity contribution in [1.82, 2.24) is 5.32 Å². The number of nitrogens with one attached hydrogen (secondary N) is 1. The van der Waals surface area contributed by atoms with Crippen molar-refractivity contribution in [2.45, 2.75) is 31.7 Å². The minimum atomic E-state index is -2.93. The summed E-state index contributed by atoms with van der Waals surface area (Å²) in [4.78, 5) is 23.3. The Morgan fingerprint density at radius 3 is 2.33 bits per heavy atom. The molecule has 1 unspecified atom stereocenters. The lowest BCUT2D eigenvalue weighted by atomic mass is 9.35. The second kappa shape index (κ2) is 5.39. The smallest absolute Gasteiger partial charge is 0.309 e. The van der Waals surface area contributed by atoms with E-state index in [-0.39, 0.29) is 30.6 Å². The molecule has 3 saturated carbocycles. The van der Waals surface area contributed by atoms with Gasteiger partial charge in [-0.15, -0.1) is 0 Å². The van der Waals surface area contributed by atoms with E-state index in [0.717, 1.165) is 6.07 Å². The van der Waals surface area contributed by atoms with E-state index in [2.05, 4.69) is 5.32 Å². The van der Waals surface area contributed by atoms with E-state index in [9.17, 15) is 22.8 Å². The van der Waals surface area contributed by atoms with Crippen LogP contribution in [0.2, 0.25) is 0 Å². The Hall–Kier alpha value is -2.25. The lowest BCUT2D eigenvalue weighted by Crippen LogP contribution is -2.70. The van der Waals surface area contributed by atoms with E-state index < -0.39 is 41.0 Å². The molecule has 2 bridgehead atoms. The fourth-order valence-corrected chi connectivity index (χ4v) is 3.72. The number of methoxy groups -OCH3 is 1. The van der Waals surface area contributed by atoms with Gasteiger partial charge in [-0.3, -0.25) is 9.59 Å². The predicted molar refractivity (Wildman–Crippen MR) is 76.2 cm³/mol. The summed E-state index contributed by atoms with van der Waals surface area (Å²) in [5.74, 6) is -2.45. The van der Waals surface area contributed by atoms with Crippen LogP contribution in [0.1, 0.15) is 30.9 Å². The molecule has 1 aromatic carbocycles. The first-order valence-electron chi connectivity index (χ1n) is 7.39. The molecule has 1 aromatic rings. The molecule has 1 amide bonds. The molecule has 0 saturated heterocycles. The summed E-state index contributed by atoms with van der Waals surface area (Å²) in [6.07, 6.45) is -2.45. The van der Waals surface area contributed by atoms with Gasteiger partial charge in [-0.2, -0.15) is 0 Å². The van der Waals surface area contributed by atoms with Crippen LogP contribution in [-0.2, 0) is 9.59 Å². The van der Waals surface area contributed by atoms with Crippen molar-refractivity contribution < 1.29 is 32.6 Å². The van der Waals surface area contributed by atoms with Crippen molar-refractivity contribution in [3.05, 3.63) is 29.6 Å². The Morgan fingerprint density at radius 1 is 1.25 bits per heavy atom. The SMILES string of the molecule is COc1ccc(C(NC(=O)C23CC(C(=O)O)(C2)C3)C(F)F)cc1F. The van der Waals surface area contributed by atoms with Gasteiger partial charge >= 0.3 is 5.97 Å². The summed E-state index contributed by atoms with van der Waals surface area (Å²) in [6.45, 7) is 0. The monoisotopic (exact) mass is 343 g/mol. The van der Waals surface area contributed by atoms with E-state index in [0.29, 0.717) is 0 Å². The number of carbonyl (C=O) groups is 2. The average Bonchev–Trinajstić information content (AvgIpc) is 2.41. The molecule has 5 nitrogen and oxygen atoms in total. The molecule has 8 heteroatoms. The van der Waals surface area contributed by atoms with Crippen molar-refractivity contribution in [3.8, 4) is 5.75 Å². The third kappa shape index (κ3) is 2.32. The van der Waals surface area contributed by atoms with Crippen molar-refractivity contribution in [2.24, 2.45) is 10.8 Å². The number of rotatable bonds is 6. The molecular formula is C16H16F3NO4. The Bertz CT molecular complexity index is 687. The number of carbonyl (C=O) groups excluding carboxylic acids is 1. The van der Waals surface area contributed by atoms with Crippen LogP contribution >= 0.6 is 0 Å². The van der Waals surface area contributed by atoms with Gasteiger partial charge in [0.25, 0.3) is 6.43 Å². The van der Waals surface area contributed by atoms with Crippen LogP contribution in [0.15, 0.2) is 18.2 Å². The van der Waals surface area contributed by atoms with Crippen molar-refractivity contribution in [2.75, 3.05) is 7.11 Å². The predicted octanol–water partition coefficient (Wildman–Crippen LogP) is 2.51. The van der Waals surface area contributed by atoms with Crippen LogP contribution in [0.4, 0.5) is 13.2 Å². The Morgan fingerprint density at radius 2 is 1.88 bits per heavy atom. The van der Waals surface area contributed by atoms with Gasteiger partial charge in [-0.05, 0) is 37.0 Å². The zero-order valence-electron chi connectivity index (χ0n) is 12.8. The summed E-state index contributed by atoms with van der Waals surface area (Å²) in [5, 5.41) is 11.3. The fourth-order valence-electron chi connectivity index (χ4n) is 3.72. The summed E-state index contributed by atoms with van der Waals surface area (Å²) in [7, 11) is 1.26. The molecule has 4 rings (SSSR count). The number of aliphatic carboxylic acids is 1. The first-order valence-corrected chi connectivity index (χ1v) is 7.39. The van der Waals surface area contributed by atoms with Gasteiger partial charge in [0.1, 0.15) is 6.04 Å². The second-order valence-corrected chi connectivity index (χ2v) is 6.58. The molecular weight excluding hydrogens is 327 g/mol. The van der Waals surface area contributed by atoms with Crippen LogP contribution in [0.3, 0.4) is 0 Å². The standard InChI is InChI=1S/C16H16F3NO4/c1-24-10-3-2-8(4-9(10)17)11(12(18)19)20-13(21)15-5-16(6-15,7-15)14(22)23/h2-4,11-12H,5-7H2,1H3,(H,20,21)(H,22,23). The van der Waals surface area contributed by atoms with E-state index in [1.165, 1.54) is 19.2 Å². The topological polar surface area (TPSA) is 75.6 Å². The minimum Gasteiger partial charge on any atom is -0.494 e.